The van der Waals surface area contributed by atoms with E-state index < -0.39 is 0 Å². The van der Waals surface area contributed by atoms with Crippen molar-refractivity contribution in [1.82, 2.24) is 14.8 Å². The molecule has 0 radical (unpaired) electrons. The van der Waals surface area contributed by atoms with Crippen molar-refractivity contribution in [3.05, 3.63) is 63.8 Å². The van der Waals surface area contributed by atoms with Crippen LogP contribution in [0.1, 0.15) is 11.1 Å². The fourth-order valence-electron chi connectivity index (χ4n) is 1.71. The molecule has 0 amide bonds. The van der Waals surface area contributed by atoms with Crippen LogP contribution >= 0.6 is 11.6 Å². The SMILES string of the molecule is C=CCn1ncc(NCc2cnccc2C)c(Cl)c1=O. The highest BCUT2D eigenvalue weighted by Gasteiger charge is 2.08. The van der Waals surface area contributed by atoms with Gasteiger partial charge in [0.05, 0.1) is 18.4 Å². The number of rotatable bonds is 5. The molecule has 2 aromatic rings. The van der Waals surface area contributed by atoms with Crippen molar-refractivity contribution in [2.24, 2.45) is 0 Å². The third-order valence-corrected chi connectivity index (χ3v) is 3.27. The molecule has 6 heteroatoms. The summed E-state index contributed by atoms with van der Waals surface area (Å²) < 4.78 is 1.26. The summed E-state index contributed by atoms with van der Waals surface area (Å²) in [4.78, 5) is 16.0. The fourth-order valence-corrected chi connectivity index (χ4v) is 1.93. The number of pyridine rings is 1. The number of nitrogens with zero attached hydrogens (tertiary/aromatic N) is 3. The molecule has 0 saturated heterocycles. The molecule has 0 atom stereocenters. The fraction of sp³-hybridized carbons (Fsp3) is 0.214. The molecule has 0 fully saturated rings. The van der Waals surface area contributed by atoms with E-state index >= 15 is 0 Å². The maximum absolute atomic E-state index is 11.9. The largest absolute Gasteiger partial charge is 0.378 e. The van der Waals surface area contributed by atoms with Crippen LogP contribution in [-0.2, 0) is 13.1 Å². The van der Waals surface area contributed by atoms with Gasteiger partial charge in [0.15, 0.2) is 0 Å². The van der Waals surface area contributed by atoms with E-state index in [1.807, 2.05) is 13.0 Å². The molecule has 104 valence electrons. The van der Waals surface area contributed by atoms with E-state index in [1.165, 1.54) is 4.68 Å². The number of anilines is 1. The normalized spacial score (nSPS) is 10.3. The zero-order chi connectivity index (χ0) is 14.5. The number of hydrogen-bond acceptors (Lipinski definition) is 4. The second-order valence-corrected chi connectivity index (χ2v) is 4.68. The second kappa shape index (κ2) is 6.34. The molecule has 0 spiro atoms. The van der Waals surface area contributed by atoms with E-state index in [4.69, 9.17) is 11.6 Å². The van der Waals surface area contributed by atoms with Gasteiger partial charge in [-0.05, 0) is 24.1 Å². The minimum Gasteiger partial charge on any atom is -0.378 e. The molecule has 0 saturated carbocycles. The number of nitrogens with one attached hydrogen (secondary N) is 1. The maximum atomic E-state index is 11.9. The highest BCUT2D eigenvalue weighted by atomic mass is 35.5. The third-order valence-electron chi connectivity index (χ3n) is 2.90. The van der Waals surface area contributed by atoms with Gasteiger partial charge in [-0.3, -0.25) is 9.78 Å². The molecular weight excluding hydrogens is 276 g/mol. The lowest BCUT2D eigenvalue weighted by Crippen LogP contribution is -2.23. The Morgan fingerprint density at radius 2 is 2.30 bits per heavy atom. The smallest absolute Gasteiger partial charge is 0.287 e. The monoisotopic (exact) mass is 290 g/mol. The van der Waals surface area contributed by atoms with Gasteiger partial charge in [0, 0.05) is 18.9 Å². The molecule has 20 heavy (non-hydrogen) atoms. The lowest BCUT2D eigenvalue weighted by molar-refractivity contribution is 0.653. The summed E-state index contributed by atoms with van der Waals surface area (Å²) in [7, 11) is 0. The average molecular weight is 291 g/mol. The Kier molecular flexibility index (Phi) is 4.53. The first-order valence-corrected chi connectivity index (χ1v) is 6.51. The van der Waals surface area contributed by atoms with E-state index in [0.717, 1.165) is 11.1 Å². The minimum atomic E-state index is -0.334. The second-order valence-electron chi connectivity index (χ2n) is 4.30. The van der Waals surface area contributed by atoms with E-state index in [1.54, 1.807) is 24.7 Å². The lowest BCUT2D eigenvalue weighted by atomic mass is 10.1. The number of hydrogen-bond donors (Lipinski definition) is 1. The van der Waals surface area contributed by atoms with Crippen LogP contribution in [0.4, 0.5) is 5.69 Å². The molecule has 0 aromatic carbocycles. The van der Waals surface area contributed by atoms with Crippen LogP contribution in [0.2, 0.25) is 5.02 Å². The number of allylic oxidation sites excluding steroid dienone is 1. The van der Waals surface area contributed by atoms with Gasteiger partial charge in [0.25, 0.3) is 5.56 Å². The Morgan fingerprint density at radius 1 is 1.50 bits per heavy atom. The van der Waals surface area contributed by atoms with Crippen LogP contribution in [-0.4, -0.2) is 14.8 Å². The number of aryl methyl sites for hydroxylation is 1. The topological polar surface area (TPSA) is 59.8 Å². The van der Waals surface area contributed by atoms with E-state index in [0.29, 0.717) is 18.8 Å². The Hall–Kier alpha value is -2.14. The van der Waals surface area contributed by atoms with Gasteiger partial charge in [0.2, 0.25) is 0 Å². The molecule has 0 aliphatic carbocycles. The summed E-state index contributed by atoms with van der Waals surface area (Å²) in [5.74, 6) is 0. The molecule has 5 nitrogen and oxygen atoms in total. The van der Waals surface area contributed by atoms with Gasteiger partial charge >= 0.3 is 0 Å². The molecule has 1 N–H and O–H groups in total. The summed E-state index contributed by atoms with van der Waals surface area (Å²) in [5.41, 5.74) is 2.34. The molecule has 0 bridgehead atoms. The van der Waals surface area contributed by atoms with Crippen LogP contribution in [0.3, 0.4) is 0 Å². The number of halogens is 1. The van der Waals surface area contributed by atoms with Gasteiger partial charge in [-0.25, -0.2) is 4.68 Å². The summed E-state index contributed by atoms with van der Waals surface area (Å²) in [6.07, 6.45) is 6.65. The highest BCUT2D eigenvalue weighted by Crippen LogP contribution is 2.17. The number of aromatic nitrogens is 3. The maximum Gasteiger partial charge on any atom is 0.287 e. The van der Waals surface area contributed by atoms with E-state index in [9.17, 15) is 4.79 Å². The van der Waals surface area contributed by atoms with Crippen molar-refractivity contribution in [2.75, 3.05) is 5.32 Å². The quantitative estimate of drug-likeness (QED) is 0.859. The molecular formula is C14H15ClN4O. The van der Waals surface area contributed by atoms with Crippen LogP contribution in [0.5, 0.6) is 0 Å². The average Bonchev–Trinajstić information content (AvgIpc) is 2.45. The molecule has 0 aliphatic rings. The summed E-state index contributed by atoms with van der Waals surface area (Å²) in [5, 5.41) is 7.27. The molecule has 2 heterocycles. The minimum absolute atomic E-state index is 0.128. The van der Waals surface area contributed by atoms with Gasteiger partial charge in [-0.2, -0.15) is 5.10 Å². The molecule has 2 rings (SSSR count). The van der Waals surface area contributed by atoms with Crippen LogP contribution in [0.25, 0.3) is 0 Å². The first kappa shape index (κ1) is 14.3. The van der Waals surface area contributed by atoms with Crippen molar-refractivity contribution in [3.8, 4) is 0 Å². The van der Waals surface area contributed by atoms with Crippen molar-refractivity contribution in [2.45, 2.75) is 20.0 Å². The summed E-state index contributed by atoms with van der Waals surface area (Å²) in [6.45, 7) is 6.44. The van der Waals surface area contributed by atoms with Gasteiger partial charge in [-0.15, -0.1) is 6.58 Å². The van der Waals surface area contributed by atoms with Crippen molar-refractivity contribution >= 4 is 17.3 Å². The Labute approximate surface area is 121 Å². The van der Waals surface area contributed by atoms with Crippen LogP contribution < -0.4 is 10.9 Å². The Morgan fingerprint density at radius 3 is 3.00 bits per heavy atom. The standard InChI is InChI=1S/C14H15ClN4O/c1-3-6-19-14(20)13(15)12(9-18-19)17-8-11-7-16-5-4-10(11)2/h3-5,7,9,17H,1,6,8H2,2H3. The first-order chi connectivity index (χ1) is 9.63. The predicted octanol–water partition coefficient (Wildman–Crippen LogP) is 2.40. The van der Waals surface area contributed by atoms with E-state index in [2.05, 4.69) is 22.0 Å². The molecule has 2 aromatic heterocycles. The first-order valence-electron chi connectivity index (χ1n) is 6.13. The molecule has 0 unspecified atom stereocenters. The third kappa shape index (κ3) is 3.05. The van der Waals surface area contributed by atoms with Crippen LogP contribution in [0, 0.1) is 6.92 Å². The molecule has 0 aliphatic heterocycles. The van der Waals surface area contributed by atoms with E-state index in [-0.39, 0.29) is 10.6 Å². The highest BCUT2D eigenvalue weighted by molar-refractivity contribution is 6.32. The van der Waals surface area contributed by atoms with Crippen molar-refractivity contribution in [1.29, 1.82) is 0 Å². The van der Waals surface area contributed by atoms with Crippen LogP contribution in [0.15, 0.2) is 42.1 Å². The Bertz CT molecular complexity index is 681. The summed E-state index contributed by atoms with van der Waals surface area (Å²) >= 11 is 6.05. The van der Waals surface area contributed by atoms with Crippen molar-refractivity contribution < 1.29 is 0 Å². The summed E-state index contributed by atoms with van der Waals surface area (Å²) in [6, 6.07) is 1.93. The van der Waals surface area contributed by atoms with Gasteiger partial charge < -0.3 is 5.32 Å². The van der Waals surface area contributed by atoms with Crippen molar-refractivity contribution in [3.63, 3.8) is 0 Å². The van der Waals surface area contributed by atoms with Gasteiger partial charge in [0.1, 0.15) is 5.02 Å². The van der Waals surface area contributed by atoms with Gasteiger partial charge in [-0.1, -0.05) is 17.7 Å². The zero-order valence-corrected chi connectivity index (χ0v) is 11.9. The predicted molar refractivity (Wildman–Crippen MR) is 80.0 cm³/mol. The Balaban J connectivity index is 2.19. The zero-order valence-electron chi connectivity index (χ0n) is 11.1. The lowest BCUT2D eigenvalue weighted by Gasteiger charge is -2.10.